The van der Waals surface area contributed by atoms with E-state index in [2.05, 4.69) is 15.2 Å². The Morgan fingerprint density at radius 2 is 2.08 bits per heavy atom. The summed E-state index contributed by atoms with van der Waals surface area (Å²) in [5.74, 6) is 1.46. The lowest BCUT2D eigenvalue weighted by Gasteiger charge is -2.25. The zero-order chi connectivity index (χ0) is 16.8. The Kier molecular flexibility index (Phi) is 5.59. The Bertz CT molecular complexity index is 642. The average Bonchev–Trinajstić information content (AvgIpc) is 2.67. The highest BCUT2D eigenvalue weighted by Crippen LogP contribution is 2.21. The van der Waals surface area contributed by atoms with E-state index in [0.717, 1.165) is 43.0 Å². The molecule has 0 bridgehead atoms. The number of nitrogens with zero attached hydrogens (tertiary/aromatic N) is 4. The lowest BCUT2D eigenvalue weighted by Crippen LogP contribution is -2.28. The molecule has 1 aliphatic heterocycles. The number of anilines is 1. The van der Waals surface area contributed by atoms with E-state index in [-0.39, 0.29) is 0 Å². The van der Waals surface area contributed by atoms with Crippen molar-refractivity contribution in [2.45, 2.75) is 31.8 Å². The molecule has 0 amide bonds. The van der Waals surface area contributed by atoms with E-state index in [1.807, 2.05) is 36.2 Å². The van der Waals surface area contributed by atoms with Gasteiger partial charge in [0.1, 0.15) is 5.75 Å². The number of rotatable bonds is 6. The smallest absolute Gasteiger partial charge is 0.245 e. The van der Waals surface area contributed by atoms with Crippen molar-refractivity contribution in [2.75, 3.05) is 32.2 Å². The molecule has 1 atom stereocenters. The molecule has 0 aliphatic carbocycles. The second kappa shape index (κ2) is 8.06. The molecule has 3 rings (SSSR count). The monoisotopic (exact) mass is 328 g/mol. The molecule has 1 aromatic carbocycles. The molecular weight excluding hydrogens is 304 g/mol. The summed E-state index contributed by atoms with van der Waals surface area (Å²) < 4.78 is 11.0. The quantitative estimate of drug-likeness (QED) is 0.812. The molecule has 0 spiro atoms. The van der Waals surface area contributed by atoms with Crippen molar-refractivity contribution in [3.05, 3.63) is 30.5 Å². The van der Waals surface area contributed by atoms with Crippen LogP contribution in [0.5, 0.6) is 5.75 Å². The highest BCUT2D eigenvalue weighted by atomic mass is 16.5. The fourth-order valence-corrected chi connectivity index (χ4v) is 2.83. The molecule has 1 fully saturated rings. The summed E-state index contributed by atoms with van der Waals surface area (Å²) in [6.07, 6.45) is 6.64. The topological polar surface area (TPSA) is 60.4 Å². The minimum absolute atomic E-state index is 0.360. The van der Waals surface area contributed by atoms with Gasteiger partial charge in [-0.3, -0.25) is 0 Å². The predicted molar refractivity (Wildman–Crippen MR) is 93.3 cm³/mol. The molecule has 0 N–H and O–H groups in total. The third kappa shape index (κ3) is 4.20. The van der Waals surface area contributed by atoms with Gasteiger partial charge in [-0.15, -0.1) is 5.10 Å². The van der Waals surface area contributed by atoms with E-state index in [1.54, 1.807) is 13.3 Å². The van der Waals surface area contributed by atoms with Crippen LogP contribution >= 0.6 is 0 Å². The Morgan fingerprint density at radius 1 is 1.25 bits per heavy atom. The van der Waals surface area contributed by atoms with E-state index in [9.17, 15) is 0 Å². The van der Waals surface area contributed by atoms with E-state index >= 15 is 0 Å². The van der Waals surface area contributed by atoms with Gasteiger partial charge in [-0.1, -0.05) is 0 Å². The van der Waals surface area contributed by atoms with Crippen molar-refractivity contribution in [1.29, 1.82) is 0 Å². The second-order valence-corrected chi connectivity index (χ2v) is 6.07. The maximum Gasteiger partial charge on any atom is 0.245 e. The van der Waals surface area contributed by atoms with E-state index in [1.165, 1.54) is 12.8 Å². The lowest BCUT2D eigenvalue weighted by molar-refractivity contribution is 0.0126. The summed E-state index contributed by atoms with van der Waals surface area (Å²) >= 11 is 0. The Morgan fingerprint density at radius 3 is 2.79 bits per heavy atom. The van der Waals surface area contributed by atoms with Crippen LogP contribution in [0.15, 0.2) is 30.5 Å². The summed E-state index contributed by atoms with van der Waals surface area (Å²) in [6, 6.07) is 7.79. The standard InChI is InChI=1S/C18H24N4O2/c1-22(11-10-16-5-3-4-12-24-16)18-20-17(13-19-21-18)14-6-8-15(23-2)9-7-14/h6-9,13,16H,3-5,10-12H2,1-2H3. The van der Waals surface area contributed by atoms with Crippen LogP contribution < -0.4 is 9.64 Å². The van der Waals surface area contributed by atoms with Gasteiger partial charge in [0, 0.05) is 25.8 Å². The first-order valence-corrected chi connectivity index (χ1v) is 8.43. The van der Waals surface area contributed by atoms with Crippen LogP contribution in [0.4, 0.5) is 5.95 Å². The van der Waals surface area contributed by atoms with Crippen molar-refractivity contribution in [3.8, 4) is 17.0 Å². The Hall–Kier alpha value is -2.21. The second-order valence-electron chi connectivity index (χ2n) is 6.07. The molecule has 1 aliphatic rings. The van der Waals surface area contributed by atoms with Gasteiger partial charge in [-0.25, -0.2) is 4.98 Å². The summed E-state index contributed by atoms with van der Waals surface area (Å²) in [4.78, 5) is 6.67. The highest BCUT2D eigenvalue weighted by Gasteiger charge is 2.15. The van der Waals surface area contributed by atoms with E-state index < -0.39 is 0 Å². The van der Waals surface area contributed by atoms with Crippen LogP contribution in [0.3, 0.4) is 0 Å². The largest absolute Gasteiger partial charge is 0.497 e. The molecule has 2 aromatic rings. The van der Waals surface area contributed by atoms with Gasteiger partial charge in [-0.05, 0) is 49.9 Å². The van der Waals surface area contributed by atoms with Crippen molar-refractivity contribution in [3.63, 3.8) is 0 Å². The number of hydrogen-bond donors (Lipinski definition) is 0. The zero-order valence-corrected chi connectivity index (χ0v) is 14.3. The van der Waals surface area contributed by atoms with E-state index in [0.29, 0.717) is 12.1 Å². The van der Waals surface area contributed by atoms with E-state index in [4.69, 9.17) is 9.47 Å². The number of aromatic nitrogens is 3. The highest BCUT2D eigenvalue weighted by molar-refractivity contribution is 5.60. The van der Waals surface area contributed by atoms with Gasteiger partial charge in [0.2, 0.25) is 5.95 Å². The summed E-state index contributed by atoms with van der Waals surface area (Å²) in [5, 5.41) is 8.26. The van der Waals surface area contributed by atoms with Crippen LogP contribution in [0.2, 0.25) is 0 Å². The van der Waals surface area contributed by atoms with Gasteiger partial charge in [0.05, 0.1) is 25.1 Å². The maximum atomic E-state index is 5.78. The number of ether oxygens (including phenoxy) is 2. The van der Waals surface area contributed by atoms with Crippen molar-refractivity contribution >= 4 is 5.95 Å². The third-order valence-corrected chi connectivity index (χ3v) is 4.34. The number of methoxy groups -OCH3 is 1. The summed E-state index contributed by atoms with van der Waals surface area (Å²) in [7, 11) is 3.65. The molecular formula is C18H24N4O2. The van der Waals surface area contributed by atoms with Crippen molar-refractivity contribution in [2.24, 2.45) is 0 Å². The number of benzene rings is 1. The van der Waals surface area contributed by atoms with Gasteiger partial charge < -0.3 is 14.4 Å². The van der Waals surface area contributed by atoms with Crippen LogP contribution in [0, 0.1) is 0 Å². The van der Waals surface area contributed by atoms with Gasteiger partial charge >= 0.3 is 0 Å². The first kappa shape index (κ1) is 16.6. The fraction of sp³-hybridized carbons (Fsp3) is 0.500. The number of hydrogen-bond acceptors (Lipinski definition) is 6. The molecule has 1 unspecified atom stereocenters. The molecule has 1 aromatic heterocycles. The third-order valence-electron chi connectivity index (χ3n) is 4.34. The van der Waals surface area contributed by atoms with Crippen LogP contribution in [-0.4, -0.2) is 48.6 Å². The molecule has 6 heteroatoms. The fourth-order valence-electron chi connectivity index (χ4n) is 2.83. The van der Waals surface area contributed by atoms with Gasteiger partial charge in [-0.2, -0.15) is 5.10 Å². The lowest BCUT2D eigenvalue weighted by atomic mass is 10.1. The van der Waals surface area contributed by atoms with Crippen molar-refractivity contribution in [1.82, 2.24) is 15.2 Å². The molecule has 2 heterocycles. The normalized spacial score (nSPS) is 17.5. The molecule has 24 heavy (non-hydrogen) atoms. The first-order valence-electron chi connectivity index (χ1n) is 8.43. The van der Waals surface area contributed by atoms with Crippen LogP contribution in [0.1, 0.15) is 25.7 Å². The summed E-state index contributed by atoms with van der Waals surface area (Å²) in [6.45, 7) is 1.75. The molecule has 0 saturated carbocycles. The van der Waals surface area contributed by atoms with Crippen LogP contribution in [-0.2, 0) is 4.74 Å². The molecule has 128 valence electrons. The van der Waals surface area contributed by atoms with Crippen LogP contribution in [0.25, 0.3) is 11.3 Å². The van der Waals surface area contributed by atoms with Crippen molar-refractivity contribution < 1.29 is 9.47 Å². The minimum Gasteiger partial charge on any atom is -0.497 e. The molecule has 0 radical (unpaired) electrons. The SMILES string of the molecule is COc1ccc(-c2cnnc(N(C)CCC3CCCCO3)n2)cc1. The minimum atomic E-state index is 0.360. The van der Waals surface area contributed by atoms with Gasteiger partial charge in [0.15, 0.2) is 0 Å². The first-order chi connectivity index (χ1) is 11.8. The molecule has 6 nitrogen and oxygen atoms in total. The zero-order valence-electron chi connectivity index (χ0n) is 14.3. The van der Waals surface area contributed by atoms with Gasteiger partial charge in [0.25, 0.3) is 0 Å². The Labute approximate surface area is 142 Å². The Balaban J connectivity index is 1.64. The summed E-state index contributed by atoms with van der Waals surface area (Å²) in [5.41, 5.74) is 1.80. The average molecular weight is 328 g/mol. The molecule has 1 saturated heterocycles. The maximum absolute atomic E-state index is 5.78. The predicted octanol–water partition coefficient (Wildman–Crippen LogP) is 2.94.